The number of nitrogens with one attached hydrogen (secondary N) is 1. The first-order valence-corrected chi connectivity index (χ1v) is 11.9. The molecule has 1 aliphatic rings. The summed E-state index contributed by atoms with van der Waals surface area (Å²) in [5.74, 6) is 0.282. The van der Waals surface area contributed by atoms with E-state index >= 15 is 0 Å². The van der Waals surface area contributed by atoms with Crippen molar-refractivity contribution in [3.8, 4) is 0 Å². The number of benzene rings is 2. The number of aromatic nitrogens is 1. The Morgan fingerprint density at radius 1 is 1.09 bits per heavy atom. The molecule has 2 aromatic heterocycles. The van der Waals surface area contributed by atoms with Crippen LogP contribution in [0.4, 0.5) is 4.39 Å². The summed E-state index contributed by atoms with van der Waals surface area (Å²) in [5.41, 5.74) is 3.30. The zero-order valence-corrected chi connectivity index (χ0v) is 18.9. The molecule has 4 aromatic rings. The van der Waals surface area contributed by atoms with Gasteiger partial charge in [0.2, 0.25) is 0 Å². The fraction of sp³-hybridized carbons (Fsp3) is 0.308. The third-order valence-corrected chi connectivity index (χ3v) is 7.30. The van der Waals surface area contributed by atoms with Crippen molar-refractivity contribution in [1.82, 2.24) is 15.2 Å². The van der Waals surface area contributed by atoms with Gasteiger partial charge in [0.25, 0.3) is 5.91 Å². The lowest BCUT2D eigenvalue weighted by molar-refractivity contribution is 0.0939. The first-order chi connectivity index (χ1) is 15.5. The van der Waals surface area contributed by atoms with Gasteiger partial charge in [-0.15, -0.1) is 11.3 Å². The zero-order chi connectivity index (χ0) is 22.1. The molecule has 0 saturated carbocycles. The van der Waals surface area contributed by atoms with Gasteiger partial charge in [-0.1, -0.05) is 23.8 Å². The highest BCUT2D eigenvalue weighted by atomic mass is 32.1. The molecular weight excluding hydrogens is 421 g/mol. The fourth-order valence-electron chi connectivity index (χ4n) is 4.39. The average molecular weight is 448 g/mol. The molecule has 0 unspecified atom stereocenters. The molecule has 5 rings (SSSR count). The second kappa shape index (κ2) is 8.96. The van der Waals surface area contributed by atoms with E-state index in [0.29, 0.717) is 17.3 Å². The minimum Gasteiger partial charge on any atom is -0.351 e. The summed E-state index contributed by atoms with van der Waals surface area (Å²) in [6, 6.07) is 17.0. The summed E-state index contributed by atoms with van der Waals surface area (Å²) < 4.78 is 13.1. The lowest BCUT2D eigenvalue weighted by Crippen LogP contribution is -2.38. The van der Waals surface area contributed by atoms with Crippen LogP contribution in [-0.2, 0) is 6.54 Å². The van der Waals surface area contributed by atoms with Crippen LogP contribution < -0.4 is 5.32 Å². The minimum atomic E-state index is -0.194. The maximum Gasteiger partial charge on any atom is 0.261 e. The molecule has 0 bridgehead atoms. The van der Waals surface area contributed by atoms with Gasteiger partial charge in [0.05, 0.1) is 10.4 Å². The Bertz CT molecular complexity index is 1260. The summed E-state index contributed by atoms with van der Waals surface area (Å²) in [7, 11) is 0. The number of carbonyl (C=O) groups excluding carboxylic acids is 1. The van der Waals surface area contributed by atoms with E-state index in [0.717, 1.165) is 59.2 Å². The van der Waals surface area contributed by atoms with E-state index in [1.54, 1.807) is 0 Å². The Balaban J connectivity index is 1.16. The van der Waals surface area contributed by atoms with Gasteiger partial charge in [-0.3, -0.25) is 9.69 Å². The number of aryl methyl sites for hydroxylation is 1. The molecule has 0 atom stereocenters. The van der Waals surface area contributed by atoms with Crippen LogP contribution in [-0.4, -0.2) is 35.4 Å². The van der Waals surface area contributed by atoms with Gasteiger partial charge >= 0.3 is 0 Å². The van der Waals surface area contributed by atoms with Gasteiger partial charge in [0.1, 0.15) is 10.6 Å². The predicted molar refractivity (Wildman–Crippen MR) is 129 cm³/mol. The van der Waals surface area contributed by atoms with Crippen LogP contribution in [0.3, 0.4) is 0 Å². The van der Waals surface area contributed by atoms with Crippen LogP contribution in [0.1, 0.15) is 33.6 Å². The Morgan fingerprint density at radius 2 is 1.88 bits per heavy atom. The molecule has 0 aliphatic carbocycles. The van der Waals surface area contributed by atoms with E-state index in [4.69, 9.17) is 4.98 Å². The van der Waals surface area contributed by atoms with E-state index in [9.17, 15) is 9.18 Å². The SMILES string of the molecule is Cc1ccc2nc3sc(C(=O)NCC4CCN(Cc5ccc(F)cc5)CC4)cc3cc2c1. The zero-order valence-electron chi connectivity index (χ0n) is 18.1. The predicted octanol–water partition coefficient (Wildman–Crippen LogP) is 5.54. The Hall–Kier alpha value is -2.83. The monoisotopic (exact) mass is 447 g/mol. The number of hydrogen-bond donors (Lipinski definition) is 1. The quantitative estimate of drug-likeness (QED) is 0.437. The molecule has 1 fully saturated rings. The minimum absolute atomic E-state index is 0.0121. The van der Waals surface area contributed by atoms with Crippen molar-refractivity contribution in [2.24, 2.45) is 5.92 Å². The van der Waals surface area contributed by atoms with Crippen molar-refractivity contribution in [3.05, 3.63) is 76.4 Å². The molecule has 164 valence electrons. The van der Waals surface area contributed by atoms with Gasteiger partial charge in [0, 0.05) is 23.9 Å². The fourth-order valence-corrected chi connectivity index (χ4v) is 5.33. The van der Waals surface area contributed by atoms with E-state index < -0.39 is 0 Å². The molecule has 1 N–H and O–H groups in total. The number of rotatable bonds is 5. The van der Waals surface area contributed by atoms with E-state index in [-0.39, 0.29) is 11.7 Å². The number of thiophene rings is 1. The summed E-state index contributed by atoms with van der Waals surface area (Å²) in [5, 5.41) is 5.26. The highest BCUT2D eigenvalue weighted by Crippen LogP contribution is 2.28. The van der Waals surface area contributed by atoms with E-state index in [2.05, 4.69) is 35.3 Å². The van der Waals surface area contributed by atoms with E-state index in [1.807, 2.05) is 24.3 Å². The van der Waals surface area contributed by atoms with Crippen molar-refractivity contribution >= 4 is 38.4 Å². The first-order valence-electron chi connectivity index (χ1n) is 11.1. The van der Waals surface area contributed by atoms with Crippen molar-refractivity contribution < 1.29 is 9.18 Å². The smallest absolute Gasteiger partial charge is 0.261 e. The number of amides is 1. The average Bonchev–Trinajstić information content (AvgIpc) is 3.21. The van der Waals surface area contributed by atoms with Crippen LogP contribution in [0.5, 0.6) is 0 Å². The Kier molecular flexibility index (Phi) is 5.89. The first kappa shape index (κ1) is 21.0. The largest absolute Gasteiger partial charge is 0.351 e. The summed E-state index contributed by atoms with van der Waals surface area (Å²) in [4.78, 5) is 21.5. The lowest BCUT2D eigenvalue weighted by atomic mass is 9.96. The van der Waals surface area contributed by atoms with Crippen LogP contribution in [0.25, 0.3) is 21.1 Å². The van der Waals surface area contributed by atoms with Crippen molar-refractivity contribution in [1.29, 1.82) is 0 Å². The summed E-state index contributed by atoms with van der Waals surface area (Å²) in [6.07, 6.45) is 2.11. The molecule has 2 aromatic carbocycles. The maximum atomic E-state index is 13.1. The number of carbonyl (C=O) groups is 1. The molecule has 4 nitrogen and oxygen atoms in total. The van der Waals surface area contributed by atoms with Crippen molar-refractivity contribution in [2.75, 3.05) is 19.6 Å². The Labute approximate surface area is 191 Å². The molecule has 1 saturated heterocycles. The number of pyridine rings is 1. The van der Waals surface area contributed by atoms with Crippen molar-refractivity contribution in [2.45, 2.75) is 26.3 Å². The number of halogens is 1. The van der Waals surface area contributed by atoms with Gasteiger partial charge in [-0.05, 0) is 80.7 Å². The third kappa shape index (κ3) is 4.66. The molecular formula is C26H26FN3OS. The number of hydrogen-bond acceptors (Lipinski definition) is 4. The third-order valence-electron chi connectivity index (χ3n) is 6.26. The Morgan fingerprint density at radius 3 is 2.66 bits per heavy atom. The number of piperidine rings is 1. The summed E-state index contributed by atoms with van der Waals surface area (Å²) >= 11 is 1.46. The van der Waals surface area contributed by atoms with Crippen LogP contribution in [0.15, 0.2) is 54.6 Å². The number of nitrogens with zero attached hydrogens (tertiary/aromatic N) is 2. The molecule has 1 aliphatic heterocycles. The van der Waals surface area contributed by atoms with Gasteiger partial charge in [-0.2, -0.15) is 0 Å². The standard InChI is InChI=1S/C26H26FN3OS/c1-17-2-7-23-20(12-17)13-21-14-24(32-26(21)29-23)25(31)28-15-18-8-10-30(11-9-18)16-19-3-5-22(27)6-4-19/h2-7,12-14,18H,8-11,15-16H2,1H3,(H,28,31). The molecule has 6 heteroatoms. The molecule has 0 spiro atoms. The highest BCUT2D eigenvalue weighted by molar-refractivity contribution is 7.20. The van der Waals surface area contributed by atoms with Crippen molar-refractivity contribution in [3.63, 3.8) is 0 Å². The van der Waals surface area contributed by atoms with Gasteiger partial charge in [-0.25, -0.2) is 9.37 Å². The van der Waals surface area contributed by atoms with Crippen LogP contribution >= 0.6 is 11.3 Å². The normalized spacial score (nSPS) is 15.4. The molecule has 1 amide bonds. The van der Waals surface area contributed by atoms with Crippen LogP contribution in [0.2, 0.25) is 0 Å². The molecule has 32 heavy (non-hydrogen) atoms. The molecule has 3 heterocycles. The number of likely N-dealkylation sites (tertiary alicyclic amines) is 1. The molecule has 0 radical (unpaired) electrons. The number of fused-ring (bicyclic) bond motifs is 2. The van der Waals surface area contributed by atoms with Crippen LogP contribution in [0, 0.1) is 18.7 Å². The lowest BCUT2D eigenvalue weighted by Gasteiger charge is -2.32. The highest BCUT2D eigenvalue weighted by Gasteiger charge is 2.20. The van der Waals surface area contributed by atoms with E-state index in [1.165, 1.54) is 29.0 Å². The maximum absolute atomic E-state index is 13.1. The summed E-state index contributed by atoms with van der Waals surface area (Å²) in [6.45, 7) is 5.62. The topological polar surface area (TPSA) is 45.2 Å². The van der Waals surface area contributed by atoms with Gasteiger partial charge < -0.3 is 5.32 Å². The van der Waals surface area contributed by atoms with Gasteiger partial charge in [0.15, 0.2) is 0 Å². The second-order valence-electron chi connectivity index (χ2n) is 8.75. The second-order valence-corrected chi connectivity index (χ2v) is 9.78.